The van der Waals surface area contributed by atoms with E-state index in [9.17, 15) is 0 Å². The zero-order chi connectivity index (χ0) is 12.1. The highest BCUT2D eigenvalue weighted by Crippen LogP contribution is 2.27. The lowest BCUT2D eigenvalue weighted by Gasteiger charge is -2.19. The quantitative estimate of drug-likeness (QED) is 0.808. The van der Waals surface area contributed by atoms with Gasteiger partial charge in [-0.1, -0.05) is 6.42 Å². The van der Waals surface area contributed by atoms with E-state index in [1.54, 1.807) is 12.4 Å². The molecule has 1 aromatic heterocycles. The van der Waals surface area contributed by atoms with Gasteiger partial charge in [-0.15, -0.1) is 0 Å². The molecule has 5 heteroatoms. The van der Waals surface area contributed by atoms with E-state index in [0.29, 0.717) is 24.4 Å². The maximum absolute atomic E-state index is 5.75. The summed E-state index contributed by atoms with van der Waals surface area (Å²) in [4.78, 5) is 8.47. The summed E-state index contributed by atoms with van der Waals surface area (Å²) in [6, 6.07) is 0.422. The monoisotopic (exact) mass is 236 g/mol. The van der Waals surface area contributed by atoms with Crippen molar-refractivity contribution in [3.63, 3.8) is 0 Å². The number of nitrogens with zero attached hydrogens (tertiary/aromatic N) is 2. The number of hydrogen-bond acceptors (Lipinski definition) is 5. The smallest absolute Gasteiger partial charge is 0.234 e. The third-order valence-corrected chi connectivity index (χ3v) is 3.20. The van der Waals surface area contributed by atoms with Crippen LogP contribution in [0, 0.1) is 5.92 Å². The highest BCUT2D eigenvalue weighted by Gasteiger charge is 2.26. The molecule has 2 rings (SSSR count). The second-order valence-corrected chi connectivity index (χ2v) is 4.35. The van der Waals surface area contributed by atoms with E-state index in [1.165, 1.54) is 12.8 Å². The normalized spacial score (nSPS) is 23.6. The molecular weight excluding hydrogens is 216 g/mol. The molecule has 0 aromatic carbocycles. The molecule has 0 amide bonds. The van der Waals surface area contributed by atoms with E-state index in [1.807, 2.05) is 6.92 Å². The van der Waals surface area contributed by atoms with Crippen molar-refractivity contribution in [1.82, 2.24) is 9.97 Å². The van der Waals surface area contributed by atoms with Gasteiger partial charge in [-0.05, 0) is 32.2 Å². The highest BCUT2D eigenvalue weighted by molar-refractivity contribution is 5.35. The molecule has 0 radical (unpaired) electrons. The van der Waals surface area contributed by atoms with Gasteiger partial charge in [0.25, 0.3) is 0 Å². The van der Waals surface area contributed by atoms with Gasteiger partial charge < -0.3 is 15.8 Å². The van der Waals surface area contributed by atoms with Gasteiger partial charge in [-0.25, -0.2) is 0 Å². The number of hydrogen-bond donors (Lipinski definition) is 2. The fourth-order valence-electron chi connectivity index (χ4n) is 2.33. The van der Waals surface area contributed by atoms with Crippen molar-refractivity contribution >= 4 is 5.82 Å². The Hall–Kier alpha value is -1.36. The highest BCUT2D eigenvalue weighted by atomic mass is 16.5. The van der Waals surface area contributed by atoms with E-state index in [-0.39, 0.29) is 0 Å². The fraction of sp³-hybridized carbons (Fsp3) is 0.667. The Labute approximate surface area is 102 Å². The minimum atomic E-state index is 0.422. The van der Waals surface area contributed by atoms with Crippen LogP contribution in [-0.4, -0.2) is 29.2 Å². The van der Waals surface area contributed by atoms with E-state index in [4.69, 9.17) is 10.5 Å². The van der Waals surface area contributed by atoms with Crippen LogP contribution in [0.3, 0.4) is 0 Å². The Morgan fingerprint density at radius 2 is 2.35 bits per heavy atom. The van der Waals surface area contributed by atoms with Gasteiger partial charge in [0.15, 0.2) is 0 Å². The summed E-state index contributed by atoms with van der Waals surface area (Å²) in [6.07, 6.45) is 6.95. The predicted molar refractivity (Wildman–Crippen MR) is 67.0 cm³/mol. The molecule has 1 fully saturated rings. The lowest BCUT2D eigenvalue weighted by molar-refractivity contribution is 0.325. The minimum Gasteiger partial charge on any atom is -0.477 e. The van der Waals surface area contributed by atoms with Crippen molar-refractivity contribution in [2.75, 3.05) is 18.5 Å². The summed E-state index contributed by atoms with van der Waals surface area (Å²) in [5.74, 6) is 1.90. The van der Waals surface area contributed by atoms with Crippen LogP contribution in [-0.2, 0) is 0 Å². The summed E-state index contributed by atoms with van der Waals surface area (Å²) in [6.45, 7) is 3.27. The van der Waals surface area contributed by atoms with Crippen LogP contribution in [0.2, 0.25) is 0 Å². The predicted octanol–water partition coefficient (Wildman–Crippen LogP) is 1.41. The summed E-state index contributed by atoms with van der Waals surface area (Å²) >= 11 is 0. The maximum Gasteiger partial charge on any atom is 0.234 e. The van der Waals surface area contributed by atoms with Crippen molar-refractivity contribution in [2.24, 2.45) is 11.7 Å². The molecular formula is C12H20N4O. The first kappa shape index (κ1) is 12.1. The van der Waals surface area contributed by atoms with E-state index < -0.39 is 0 Å². The Morgan fingerprint density at radius 3 is 3.12 bits per heavy atom. The van der Waals surface area contributed by atoms with Gasteiger partial charge in [-0.3, -0.25) is 4.98 Å². The summed E-state index contributed by atoms with van der Waals surface area (Å²) in [7, 11) is 0. The largest absolute Gasteiger partial charge is 0.477 e. The molecule has 1 saturated carbocycles. The van der Waals surface area contributed by atoms with E-state index >= 15 is 0 Å². The van der Waals surface area contributed by atoms with Gasteiger partial charge in [-0.2, -0.15) is 4.98 Å². The molecule has 0 spiro atoms. The molecule has 1 heterocycles. The third kappa shape index (κ3) is 3.06. The second-order valence-electron chi connectivity index (χ2n) is 4.35. The van der Waals surface area contributed by atoms with Crippen LogP contribution in [0.5, 0.6) is 5.88 Å². The lowest BCUT2D eigenvalue weighted by atomic mass is 10.0. The molecule has 0 saturated heterocycles. The maximum atomic E-state index is 5.75. The average Bonchev–Trinajstić information content (AvgIpc) is 2.77. The zero-order valence-corrected chi connectivity index (χ0v) is 10.2. The van der Waals surface area contributed by atoms with Gasteiger partial charge >= 0.3 is 0 Å². The molecule has 1 aromatic rings. The van der Waals surface area contributed by atoms with Crippen molar-refractivity contribution in [2.45, 2.75) is 32.2 Å². The van der Waals surface area contributed by atoms with Crippen LogP contribution in [0.15, 0.2) is 12.4 Å². The first-order valence-electron chi connectivity index (χ1n) is 6.25. The summed E-state index contributed by atoms with van der Waals surface area (Å²) in [5.41, 5.74) is 5.75. The van der Waals surface area contributed by atoms with Gasteiger partial charge in [0, 0.05) is 6.04 Å². The topological polar surface area (TPSA) is 73.1 Å². The number of anilines is 1. The van der Waals surface area contributed by atoms with Crippen molar-refractivity contribution in [3.05, 3.63) is 12.4 Å². The number of ether oxygens (including phenoxy) is 1. The van der Waals surface area contributed by atoms with Crippen molar-refractivity contribution in [1.29, 1.82) is 0 Å². The number of aromatic nitrogens is 2. The molecule has 94 valence electrons. The van der Waals surface area contributed by atoms with E-state index in [2.05, 4.69) is 15.3 Å². The number of nitrogens with one attached hydrogen (secondary N) is 1. The van der Waals surface area contributed by atoms with Crippen molar-refractivity contribution < 1.29 is 4.74 Å². The molecule has 0 aliphatic heterocycles. The Morgan fingerprint density at radius 1 is 1.47 bits per heavy atom. The average molecular weight is 236 g/mol. The van der Waals surface area contributed by atoms with Gasteiger partial charge in [0.2, 0.25) is 5.88 Å². The first-order chi connectivity index (χ1) is 8.33. The van der Waals surface area contributed by atoms with Gasteiger partial charge in [0.1, 0.15) is 5.82 Å². The lowest BCUT2D eigenvalue weighted by Crippen LogP contribution is -2.29. The summed E-state index contributed by atoms with van der Waals surface area (Å²) < 4.78 is 5.33. The second kappa shape index (κ2) is 5.82. The molecule has 5 nitrogen and oxygen atoms in total. The molecule has 1 aliphatic carbocycles. The zero-order valence-electron chi connectivity index (χ0n) is 10.2. The Balaban J connectivity index is 2.00. The third-order valence-electron chi connectivity index (χ3n) is 3.20. The molecule has 0 bridgehead atoms. The fourth-order valence-corrected chi connectivity index (χ4v) is 2.33. The Bertz CT molecular complexity index is 358. The van der Waals surface area contributed by atoms with Crippen LogP contribution in [0.25, 0.3) is 0 Å². The molecule has 17 heavy (non-hydrogen) atoms. The standard InChI is InChI=1S/C12H20N4O/c1-2-17-12-8-14-7-11(16-12)15-10-5-3-4-9(10)6-13/h7-10H,2-6,13H2,1H3,(H,15,16). The molecule has 2 unspecified atom stereocenters. The minimum absolute atomic E-state index is 0.422. The SMILES string of the molecule is CCOc1cncc(NC2CCCC2CN)n1. The number of rotatable bonds is 5. The van der Waals surface area contributed by atoms with Crippen LogP contribution in [0.4, 0.5) is 5.82 Å². The first-order valence-corrected chi connectivity index (χ1v) is 6.25. The molecule has 2 atom stereocenters. The Kier molecular flexibility index (Phi) is 4.14. The molecule has 3 N–H and O–H groups in total. The molecule has 1 aliphatic rings. The summed E-state index contributed by atoms with van der Waals surface area (Å²) in [5, 5.41) is 3.41. The van der Waals surface area contributed by atoms with Crippen LogP contribution < -0.4 is 15.8 Å². The van der Waals surface area contributed by atoms with E-state index in [0.717, 1.165) is 18.8 Å². The van der Waals surface area contributed by atoms with Crippen LogP contribution >= 0.6 is 0 Å². The van der Waals surface area contributed by atoms with Gasteiger partial charge in [0.05, 0.1) is 19.0 Å². The van der Waals surface area contributed by atoms with Crippen LogP contribution in [0.1, 0.15) is 26.2 Å². The number of nitrogens with two attached hydrogens (primary N) is 1. The van der Waals surface area contributed by atoms with Crippen molar-refractivity contribution in [3.8, 4) is 5.88 Å².